The molecule has 4 rings (SSSR count). The van der Waals surface area contributed by atoms with Crippen LogP contribution in [0.15, 0.2) is 47.3 Å². The van der Waals surface area contributed by atoms with Crippen LogP contribution in [0.4, 0.5) is 0 Å². The first-order chi connectivity index (χ1) is 14.9. The molecule has 1 saturated carbocycles. The summed E-state index contributed by atoms with van der Waals surface area (Å²) in [5.41, 5.74) is 1.97. The molecule has 0 aliphatic heterocycles. The zero-order chi connectivity index (χ0) is 22.1. The number of para-hydroxylation sites is 1. The Balaban J connectivity index is 1.87. The van der Waals surface area contributed by atoms with E-state index in [0.29, 0.717) is 27.4 Å². The number of benzene rings is 2. The van der Waals surface area contributed by atoms with Gasteiger partial charge in [0.2, 0.25) is 5.91 Å². The van der Waals surface area contributed by atoms with Gasteiger partial charge in [-0.1, -0.05) is 49.1 Å². The predicted octanol–water partition coefficient (Wildman–Crippen LogP) is 5.45. The van der Waals surface area contributed by atoms with Crippen LogP contribution in [0.25, 0.3) is 16.6 Å². The maximum absolute atomic E-state index is 13.6. The highest BCUT2D eigenvalue weighted by Gasteiger charge is 2.30. The van der Waals surface area contributed by atoms with E-state index in [9.17, 15) is 9.59 Å². The van der Waals surface area contributed by atoms with Crippen LogP contribution < -0.4 is 5.56 Å². The van der Waals surface area contributed by atoms with Gasteiger partial charge in [0.05, 0.1) is 22.6 Å². The van der Waals surface area contributed by atoms with Crippen molar-refractivity contribution in [1.82, 2.24) is 14.5 Å². The molecule has 3 aromatic rings. The van der Waals surface area contributed by atoms with E-state index in [1.165, 1.54) is 6.42 Å². The largest absolute Gasteiger partial charge is 0.336 e. The van der Waals surface area contributed by atoms with E-state index in [1.807, 2.05) is 57.3 Å². The molecule has 1 aromatic heterocycles. The lowest BCUT2D eigenvalue weighted by Crippen LogP contribution is -2.38. The van der Waals surface area contributed by atoms with Gasteiger partial charge in [0.1, 0.15) is 5.82 Å². The lowest BCUT2D eigenvalue weighted by Gasteiger charge is -2.31. The number of aromatic nitrogens is 2. The Morgan fingerprint density at radius 1 is 1.13 bits per heavy atom. The topological polar surface area (TPSA) is 55.2 Å². The summed E-state index contributed by atoms with van der Waals surface area (Å²) in [7, 11) is 1.82. The number of amides is 1. The highest BCUT2D eigenvalue weighted by Crippen LogP contribution is 2.30. The van der Waals surface area contributed by atoms with Gasteiger partial charge in [-0.25, -0.2) is 4.98 Å². The van der Waals surface area contributed by atoms with E-state index >= 15 is 0 Å². The minimum absolute atomic E-state index is 0.0507. The number of carbonyl (C=O) groups is 1. The molecule has 31 heavy (non-hydrogen) atoms. The Kier molecular flexibility index (Phi) is 6.15. The molecule has 0 N–H and O–H groups in total. The molecule has 0 bridgehead atoms. The molecule has 1 aliphatic carbocycles. The van der Waals surface area contributed by atoms with Crippen LogP contribution in [0, 0.1) is 12.8 Å². The highest BCUT2D eigenvalue weighted by molar-refractivity contribution is 6.31. The molecule has 0 spiro atoms. The molecule has 1 heterocycles. The second-order valence-electron chi connectivity index (χ2n) is 8.47. The summed E-state index contributed by atoms with van der Waals surface area (Å²) < 4.78 is 1.62. The van der Waals surface area contributed by atoms with Crippen LogP contribution in [0.2, 0.25) is 5.02 Å². The number of halogens is 1. The number of hydrogen-bond donors (Lipinski definition) is 0. The van der Waals surface area contributed by atoms with Crippen molar-refractivity contribution in [3.05, 3.63) is 69.2 Å². The van der Waals surface area contributed by atoms with Gasteiger partial charge in [-0.05, 0) is 56.5 Å². The summed E-state index contributed by atoms with van der Waals surface area (Å²) in [4.78, 5) is 33.4. The van der Waals surface area contributed by atoms with Crippen LogP contribution in [-0.4, -0.2) is 27.4 Å². The number of rotatable bonds is 4. The van der Waals surface area contributed by atoms with Crippen molar-refractivity contribution in [2.24, 2.45) is 5.92 Å². The van der Waals surface area contributed by atoms with Crippen molar-refractivity contribution in [2.45, 2.75) is 52.0 Å². The minimum atomic E-state index is -0.370. The zero-order valence-corrected chi connectivity index (χ0v) is 19.0. The molecule has 1 fully saturated rings. The summed E-state index contributed by atoms with van der Waals surface area (Å²) in [6.07, 6.45) is 5.25. The van der Waals surface area contributed by atoms with Crippen LogP contribution in [0.1, 0.15) is 56.5 Å². The second kappa shape index (κ2) is 8.83. The van der Waals surface area contributed by atoms with Crippen molar-refractivity contribution in [3.8, 4) is 5.69 Å². The first-order valence-corrected chi connectivity index (χ1v) is 11.3. The first-order valence-electron chi connectivity index (χ1n) is 10.9. The van der Waals surface area contributed by atoms with Crippen molar-refractivity contribution in [1.29, 1.82) is 0 Å². The van der Waals surface area contributed by atoms with Crippen LogP contribution in [-0.2, 0) is 4.79 Å². The van der Waals surface area contributed by atoms with Crippen molar-refractivity contribution in [3.63, 3.8) is 0 Å². The fraction of sp³-hybridized carbons (Fsp3) is 0.400. The normalized spacial score (nSPS) is 15.7. The molecule has 2 aromatic carbocycles. The van der Waals surface area contributed by atoms with Crippen molar-refractivity contribution < 1.29 is 4.79 Å². The average Bonchev–Trinajstić information content (AvgIpc) is 2.80. The molecule has 1 atom stereocenters. The molecule has 6 heteroatoms. The van der Waals surface area contributed by atoms with Gasteiger partial charge in [0, 0.05) is 18.0 Å². The van der Waals surface area contributed by atoms with Gasteiger partial charge in [-0.15, -0.1) is 0 Å². The third-order valence-electron chi connectivity index (χ3n) is 6.54. The first kappa shape index (κ1) is 21.6. The fourth-order valence-electron chi connectivity index (χ4n) is 4.50. The smallest absolute Gasteiger partial charge is 0.266 e. The Morgan fingerprint density at radius 2 is 1.84 bits per heavy atom. The molecule has 162 valence electrons. The van der Waals surface area contributed by atoms with Gasteiger partial charge in [0.15, 0.2) is 0 Å². The SMILES string of the molecule is Cc1c(Cl)cccc1-n1c(C(C)N(C)C(=O)C2CCCCC2)nc2ccccc2c1=O. The van der Waals surface area contributed by atoms with E-state index in [4.69, 9.17) is 16.6 Å². The Labute approximate surface area is 187 Å². The standard InChI is InChI=1S/C25H28ClN3O2/c1-16-20(26)13-9-15-22(16)29-23(27-21-14-8-7-12-19(21)25(29)31)17(2)28(3)24(30)18-10-5-4-6-11-18/h7-9,12-15,17-18H,4-6,10-11H2,1-3H3. The maximum atomic E-state index is 13.6. The van der Waals surface area contributed by atoms with Crippen LogP contribution in [0.5, 0.6) is 0 Å². The summed E-state index contributed by atoms with van der Waals surface area (Å²) in [5, 5.41) is 1.13. The summed E-state index contributed by atoms with van der Waals surface area (Å²) in [6.45, 7) is 3.83. The van der Waals surface area contributed by atoms with Gasteiger partial charge in [0.25, 0.3) is 5.56 Å². The summed E-state index contributed by atoms with van der Waals surface area (Å²) in [5.74, 6) is 0.722. The molecule has 5 nitrogen and oxygen atoms in total. The van der Waals surface area contributed by atoms with Gasteiger partial charge >= 0.3 is 0 Å². The van der Waals surface area contributed by atoms with E-state index in [0.717, 1.165) is 31.2 Å². The monoisotopic (exact) mass is 437 g/mol. The Morgan fingerprint density at radius 3 is 2.58 bits per heavy atom. The third-order valence-corrected chi connectivity index (χ3v) is 6.95. The van der Waals surface area contributed by atoms with E-state index in [1.54, 1.807) is 15.5 Å². The summed E-state index contributed by atoms with van der Waals surface area (Å²) in [6, 6.07) is 12.5. The Bertz CT molecular complexity index is 1180. The van der Waals surface area contributed by atoms with Crippen molar-refractivity contribution in [2.75, 3.05) is 7.05 Å². The van der Waals surface area contributed by atoms with E-state index in [-0.39, 0.29) is 23.4 Å². The second-order valence-corrected chi connectivity index (χ2v) is 8.88. The number of fused-ring (bicyclic) bond motifs is 1. The highest BCUT2D eigenvalue weighted by atomic mass is 35.5. The number of hydrogen-bond acceptors (Lipinski definition) is 3. The third kappa shape index (κ3) is 3.99. The molecule has 1 amide bonds. The number of nitrogens with zero attached hydrogens (tertiary/aromatic N) is 3. The molecule has 0 radical (unpaired) electrons. The van der Waals surface area contributed by atoms with Gasteiger partial charge < -0.3 is 4.90 Å². The van der Waals surface area contributed by atoms with E-state index in [2.05, 4.69) is 0 Å². The minimum Gasteiger partial charge on any atom is -0.336 e. The fourth-order valence-corrected chi connectivity index (χ4v) is 4.67. The van der Waals surface area contributed by atoms with Crippen LogP contribution >= 0.6 is 11.6 Å². The Hall–Kier alpha value is -2.66. The zero-order valence-electron chi connectivity index (χ0n) is 18.3. The quantitative estimate of drug-likeness (QED) is 0.545. The molecule has 1 aliphatic rings. The molecular formula is C25H28ClN3O2. The summed E-state index contributed by atoms with van der Waals surface area (Å²) >= 11 is 6.38. The predicted molar refractivity (Wildman–Crippen MR) is 125 cm³/mol. The van der Waals surface area contributed by atoms with E-state index < -0.39 is 0 Å². The van der Waals surface area contributed by atoms with Gasteiger partial charge in [-0.2, -0.15) is 0 Å². The molecular weight excluding hydrogens is 410 g/mol. The maximum Gasteiger partial charge on any atom is 0.266 e. The van der Waals surface area contributed by atoms with Crippen LogP contribution in [0.3, 0.4) is 0 Å². The van der Waals surface area contributed by atoms with Gasteiger partial charge in [-0.3, -0.25) is 14.2 Å². The lowest BCUT2D eigenvalue weighted by atomic mass is 9.88. The number of carbonyl (C=O) groups excluding carboxylic acids is 1. The average molecular weight is 438 g/mol. The lowest BCUT2D eigenvalue weighted by molar-refractivity contribution is -0.137. The van der Waals surface area contributed by atoms with Crippen molar-refractivity contribution >= 4 is 28.4 Å². The molecule has 1 unspecified atom stereocenters. The molecule has 0 saturated heterocycles.